The smallest absolute Gasteiger partial charge is 0.254 e. The SMILES string of the molecule is CC(C)[C@@H](C[NH+]1CCC1)N(C)C(=O)c1ccc(Br)cc1.CC(C)[C@@H](C[NH+]1CCC1)N(C)C(=O)c1ccc(Br)cc1.O=C([O-])C(O)C(O)C(=O)[O-]. The fourth-order valence-corrected chi connectivity index (χ4v) is 6.17. The molecule has 0 aliphatic carbocycles. The van der Waals surface area contributed by atoms with Crippen molar-refractivity contribution < 1.29 is 49.4 Å². The molecule has 0 aromatic heterocycles. The highest BCUT2D eigenvalue weighted by molar-refractivity contribution is 9.10. The number of nitrogens with zero attached hydrogens (tertiary/aromatic N) is 2. The molecule has 2 aliphatic heterocycles. The van der Waals surface area contributed by atoms with Gasteiger partial charge >= 0.3 is 0 Å². The number of carbonyl (C=O) groups is 4. The molecule has 2 fully saturated rings. The van der Waals surface area contributed by atoms with E-state index in [1.165, 1.54) is 39.0 Å². The van der Waals surface area contributed by atoms with Gasteiger partial charge in [0.2, 0.25) is 0 Å². The number of quaternary nitrogens is 2. The van der Waals surface area contributed by atoms with Crippen LogP contribution in [0.3, 0.4) is 0 Å². The third-order valence-electron chi connectivity index (χ3n) is 9.26. The van der Waals surface area contributed by atoms with E-state index in [9.17, 15) is 29.4 Å². The van der Waals surface area contributed by atoms with Crippen LogP contribution in [0, 0.1) is 11.8 Å². The second-order valence-corrected chi connectivity index (χ2v) is 15.4. The predicted molar refractivity (Wildman–Crippen MR) is 192 cm³/mol. The summed E-state index contributed by atoms with van der Waals surface area (Å²) in [6.07, 6.45) is -2.23. The lowest BCUT2D eigenvalue weighted by molar-refractivity contribution is -0.940. The number of likely N-dealkylation sites (tertiary alicyclic amines) is 2. The molecule has 2 unspecified atom stereocenters. The molecule has 4 atom stereocenters. The van der Waals surface area contributed by atoms with E-state index < -0.39 is 24.1 Å². The summed E-state index contributed by atoms with van der Waals surface area (Å²) < 4.78 is 2.00. The molecule has 2 aromatic rings. The van der Waals surface area contributed by atoms with Crippen LogP contribution >= 0.6 is 31.9 Å². The van der Waals surface area contributed by atoms with Gasteiger partial charge in [-0.15, -0.1) is 0 Å². The number of hydrogen-bond acceptors (Lipinski definition) is 8. The molecule has 0 radical (unpaired) electrons. The molecule has 2 saturated heterocycles. The first-order chi connectivity index (χ1) is 23.4. The number of aliphatic carboxylic acids is 2. The minimum absolute atomic E-state index is 0.121. The van der Waals surface area contributed by atoms with Crippen LogP contribution in [0.25, 0.3) is 0 Å². The summed E-state index contributed by atoms with van der Waals surface area (Å²) >= 11 is 6.81. The van der Waals surface area contributed by atoms with Crippen molar-refractivity contribution in [2.45, 2.75) is 64.8 Å². The largest absolute Gasteiger partial charge is 0.547 e. The van der Waals surface area contributed by atoms with Gasteiger partial charge in [0.05, 0.1) is 63.3 Å². The number of nitrogens with one attached hydrogen (secondary N) is 2. The molecule has 4 rings (SSSR count). The molecular weight excluding hydrogens is 776 g/mol. The highest BCUT2D eigenvalue weighted by atomic mass is 79.9. The minimum atomic E-state index is -2.44. The number of halogens is 2. The average Bonchev–Trinajstić information content (AvgIpc) is 3.02. The Balaban J connectivity index is 0.000000276. The van der Waals surface area contributed by atoms with Gasteiger partial charge in [0.25, 0.3) is 11.8 Å². The molecule has 2 amide bonds. The minimum Gasteiger partial charge on any atom is -0.547 e. The van der Waals surface area contributed by atoms with Crippen molar-refractivity contribution in [3.8, 4) is 0 Å². The van der Waals surface area contributed by atoms with Crippen molar-refractivity contribution in [1.82, 2.24) is 9.80 Å². The van der Waals surface area contributed by atoms with Crippen molar-refractivity contribution in [2.24, 2.45) is 11.8 Å². The zero-order valence-electron chi connectivity index (χ0n) is 29.7. The average molecular weight is 829 g/mol. The maximum Gasteiger partial charge on any atom is 0.254 e. The lowest BCUT2D eigenvalue weighted by Crippen LogP contribution is -3.19. The standard InChI is InChI=1S/2C16H23BrN2O.C4H6O6/c2*1-12(2)15(11-19-9-4-10-19)18(3)16(20)13-5-7-14(17)8-6-13;5-1(3(7)8)2(6)4(9)10/h2*5-8,12,15H,4,9-11H2,1-3H3;1-2,5-6H,(H,7,8)(H,9,10)/t2*15-;/m11./s1. The van der Waals surface area contributed by atoms with Gasteiger partial charge in [0, 0.05) is 47.0 Å². The summed E-state index contributed by atoms with van der Waals surface area (Å²) in [4.78, 5) is 51.6. The Hall–Kier alpha value is -2.88. The number of carboxylic acids is 2. The van der Waals surface area contributed by atoms with E-state index in [2.05, 4.69) is 59.6 Å². The fourth-order valence-electron chi connectivity index (χ4n) is 5.64. The molecule has 2 aromatic carbocycles. The lowest BCUT2D eigenvalue weighted by atomic mass is 10.00. The summed E-state index contributed by atoms with van der Waals surface area (Å²) in [6, 6.07) is 15.8. The maximum atomic E-state index is 12.6. The van der Waals surface area contributed by atoms with E-state index in [0.29, 0.717) is 23.9 Å². The second-order valence-electron chi connectivity index (χ2n) is 13.6. The quantitative estimate of drug-likeness (QED) is 0.197. The first-order valence-corrected chi connectivity index (χ1v) is 18.5. The summed E-state index contributed by atoms with van der Waals surface area (Å²) in [5, 5.41) is 35.7. The first kappa shape index (κ1) is 43.3. The van der Waals surface area contributed by atoms with Crippen LogP contribution in [0.4, 0.5) is 0 Å². The number of amides is 2. The van der Waals surface area contributed by atoms with Crippen LogP contribution in [0.1, 0.15) is 61.3 Å². The predicted octanol–water partition coefficient (Wildman–Crippen LogP) is -1.12. The van der Waals surface area contributed by atoms with Gasteiger partial charge < -0.3 is 49.6 Å². The van der Waals surface area contributed by atoms with Crippen LogP contribution in [0.5, 0.6) is 0 Å². The summed E-state index contributed by atoms with van der Waals surface area (Å²) in [7, 11) is 3.88. The highest BCUT2D eigenvalue weighted by Gasteiger charge is 2.32. The first-order valence-electron chi connectivity index (χ1n) is 16.9. The summed E-state index contributed by atoms with van der Waals surface area (Å²) in [6.45, 7) is 16.0. The molecule has 0 spiro atoms. The van der Waals surface area contributed by atoms with Gasteiger partial charge in [-0.2, -0.15) is 0 Å². The number of carboxylic acid groups (broad SMARTS) is 2. The van der Waals surface area contributed by atoms with Crippen LogP contribution in [-0.2, 0) is 9.59 Å². The van der Waals surface area contributed by atoms with Crippen molar-refractivity contribution in [3.63, 3.8) is 0 Å². The summed E-state index contributed by atoms with van der Waals surface area (Å²) in [5.74, 6) is -2.92. The van der Waals surface area contributed by atoms with E-state index in [1.54, 1.807) is 9.80 Å². The van der Waals surface area contributed by atoms with Crippen LogP contribution in [0.2, 0.25) is 0 Å². The molecule has 4 N–H and O–H groups in total. The number of benzene rings is 2. The Bertz CT molecular complexity index is 1280. The van der Waals surface area contributed by atoms with Crippen molar-refractivity contribution in [1.29, 1.82) is 0 Å². The molecular formula is C36H52Br2N4O8. The van der Waals surface area contributed by atoms with E-state index in [0.717, 1.165) is 33.2 Å². The second kappa shape index (κ2) is 20.8. The van der Waals surface area contributed by atoms with Gasteiger partial charge in [-0.05, 0) is 60.4 Å². The topological polar surface area (TPSA) is 170 Å². The van der Waals surface area contributed by atoms with Gasteiger partial charge in [-0.3, -0.25) is 9.59 Å². The zero-order chi connectivity index (χ0) is 37.7. The monoisotopic (exact) mass is 826 g/mol. The molecule has 278 valence electrons. The Morgan fingerprint density at radius 2 is 0.920 bits per heavy atom. The van der Waals surface area contributed by atoms with E-state index in [1.807, 2.05) is 72.4 Å². The fraction of sp³-hybridized carbons (Fsp3) is 0.556. The molecule has 2 aliphatic rings. The molecule has 14 heteroatoms. The van der Waals surface area contributed by atoms with Crippen molar-refractivity contribution in [3.05, 3.63) is 68.6 Å². The molecule has 0 bridgehead atoms. The molecule has 0 saturated carbocycles. The van der Waals surface area contributed by atoms with Crippen molar-refractivity contribution >= 4 is 55.6 Å². The third-order valence-corrected chi connectivity index (χ3v) is 10.3. The third kappa shape index (κ3) is 13.3. The number of likely N-dealkylation sites (N-methyl/N-ethyl adjacent to an activating group) is 2. The molecule has 50 heavy (non-hydrogen) atoms. The van der Waals surface area contributed by atoms with Crippen LogP contribution in [0.15, 0.2) is 57.5 Å². The van der Waals surface area contributed by atoms with Gasteiger partial charge in [0.1, 0.15) is 12.2 Å². The van der Waals surface area contributed by atoms with Gasteiger partial charge in [-0.1, -0.05) is 59.6 Å². The number of aliphatic hydroxyl groups excluding tert-OH is 2. The van der Waals surface area contributed by atoms with Gasteiger partial charge in [-0.25, -0.2) is 0 Å². The van der Waals surface area contributed by atoms with E-state index in [-0.39, 0.29) is 11.8 Å². The van der Waals surface area contributed by atoms with Gasteiger partial charge in [0.15, 0.2) is 0 Å². The molecule has 2 heterocycles. The normalized spacial score (nSPS) is 16.6. The maximum absolute atomic E-state index is 12.6. The number of hydrogen-bond donors (Lipinski definition) is 4. The van der Waals surface area contributed by atoms with Crippen molar-refractivity contribution in [2.75, 3.05) is 53.4 Å². The zero-order valence-corrected chi connectivity index (χ0v) is 32.9. The number of rotatable bonds is 13. The number of carbonyl (C=O) groups excluding carboxylic acids is 4. The Kier molecular flexibility index (Phi) is 18.0. The van der Waals surface area contributed by atoms with Crippen LogP contribution in [-0.4, -0.2) is 121 Å². The van der Waals surface area contributed by atoms with E-state index >= 15 is 0 Å². The highest BCUT2D eigenvalue weighted by Crippen LogP contribution is 2.17. The number of aliphatic hydroxyl groups is 2. The lowest BCUT2D eigenvalue weighted by Gasteiger charge is -2.36. The summed E-state index contributed by atoms with van der Waals surface area (Å²) in [5.41, 5.74) is 1.53. The molecule has 12 nitrogen and oxygen atoms in total. The Morgan fingerprint density at radius 3 is 1.12 bits per heavy atom. The Labute approximate surface area is 312 Å². The Morgan fingerprint density at radius 1 is 0.640 bits per heavy atom. The van der Waals surface area contributed by atoms with E-state index in [4.69, 9.17) is 10.2 Å². The van der Waals surface area contributed by atoms with Crippen LogP contribution < -0.4 is 20.0 Å².